The highest BCUT2D eigenvalue weighted by atomic mass is 16.4. The molecule has 0 radical (unpaired) electrons. The van der Waals surface area contributed by atoms with E-state index in [9.17, 15) is 46.0 Å². The highest BCUT2D eigenvalue weighted by Crippen LogP contribution is 2.62. The van der Waals surface area contributed by atoms with Crippen LogP contribution < -0.4 is 0 Å². The number of hydrogen-bond acceptors (Lipinski definition) is 9. The van der Waals surface area contributed by atoms with Gasteiger partial charge < -0.3 is 46.0 Å². The first-order valence-electron chi connectivity index (χ1n) is 20.8. The second-order valence-corrected chi connectivity index (χ2v) is 16.6. The van der Waals surface area contributed by atoms with E-state index >= 15 is 0 Å². The lowest BCUT2D eigenvalue weighted by Crippen LogP contribution is -1.93. The number of phenols is 9. The van der Waals surface area contributed by atoms with Crippen molar-refractivity contribution in [2.45, 2.75) is 0 Å². The maximum absolute atomic E-state index is 12.1. The summed E-state index contributed by atoms with van der Waals surface area (Å²) in [6.07, 6.45) is 0. The Labute approximate surface area is 368 Å². The second kappa shape index (κ2) is 13.5. The quantitative estimate of drug-likeness (QED) is 0.0462. The average Bonchev–Trinajstić information content (AvgIpc) is 3.34. The van der Waals surface area contributed by atoms with Crippen LogP contribution in [0, 0.1) is 0 Å². The standard InChI is InChI=1S/C56H34O9/c57-48-45(49(58)53(62)50(59)46(48)47-51(60)54(63)56(65)55(64)52(47)61)36-24-34(23-35(25-36)38-19-15-31-13-11-27-5-2-7-29-17-21-40(38)44(31)42(27)29)32-8-3-9-33(22-32)37-18-14-30-12-10-26-4-1-6-28-16-20-39(37)43(30)41(26)28/h1-25,57-65H. The Kier molecular flexibility index (Phi) is 7.80. The monoisotopic (exact) mass is 850 g/mol. The normalized spacial score (nSPS) is 11.9. The van der Waals surface area contributed by atoms with Crippen LogP contribution in [-0.2, 0) is 0 Å². The van der Waals surface area contributed by atoms with E-state index in [1.165, 1.54) is 10.8 Å². The van der Waals surface area contributed by atoms with Gasteiger partial charge in [0.25, 0.3) is 0 Å². The van der Waals surface area contributed by atoms with Crippen molar-refractivity contribution in [3.8, 4) is 107 Å². The zero-order chi connectivity index (χ0) is 44.6. The van der Waals surface area contributed by atoms with E-state index in [1.54, 1.807) is 12.1 Å². The van der Waals surface area contributed by atoms with Crippen molar-refractivity contribution in [3.63, 3.8) is 0 Å². The fraction of sp³-hybridized carbons (Fsp3) is 0. The van der Waals surface area contributed by atoms with E-state index in [2.05, 4.69) is 97.1 Å². The summed E-state index contributed by atoms with van der Waals surface area (Å²) in [5.74, 6) is -10.5. The fourth-order valence-corrected chi connectivity index (χ4v) is 10.1. The summed E-state index contributed by atoms with van der Waals surface area (Å²) >= 11 is 0. The average molecular weight is 851 g/mol. The molecule has 0 bridgehead atoms. The van der Waals surface area contributed by atoms with Crippen LogP contribution in [0.3, 0.4) is 0 Å². The molecule has 9 N–H and O–H groups in total. The minimum atomic E-state index is -1.27. The second-order valence-electron chi connectivity index (χ2n) is 16.6. The van der Waals surface area contributed by atoms with E-state index in [-0.39, 0.29) is 5.56 Å². The lowest BCUT2D eigenvalue weighted by atomic mass is 9.86. The number of benzene rings is 12. The Balaban J connectivity index is 1.13. The highest BCUT2D eigenvalue weighted by Gasteiger charge is 2.33. The highest BCUT2D eigenvalue weighted by molar-refractivity contribution is 6.27. The third-order valence-electron chi connectivity index (χ3n) is 13.1. The molecule has 65 heavy (non-hydrogen) atoms. The van der Waals surface area contributed by atoms with Gasteiger partial charge in [0.1, 0.15) is 5.75 Å². The van der Waals surface area contributed by atoms with Crippen molar-refractivity contribution in [2.24, 2.45) is 0 Å². The minimum absolute atomic E-state index is 0.147. The lowest BCUT2D eigenvalue weighted by molar-refractivity contribution is 0.329. The van der Waals surface area contributed by atoms with Gasteiger partial charge in [-0.15, -0.1) is 0 Å². The molecule has 0 aliphatic heterocycles. The molecule has 0 spiro atoms. The van der Waals surface area contributed by atoms with Crippen LogP contribution in [0.15, 0.2) is 152 Å². The number of rotatable bonds is 5. The SMILES string of the molecule is Oc1c(O)c(O)c(-c2c(O)c(O)c(O)c(-c3cc(-c4cccc(-c5ccc6ccc7cccc8ccc5c6c78)c4)cc(-c4ccc5ccc6cccc7ccc4c5c67)c3)c2O)c(O)c1O. The van der Waals surface area contributed by atoms with Crippen LogP contribution in [0.2, 0.25) is 0 Å². The van der Waals surface area contributed by atoms with Gasteiger partial charge in [-0.25, -0.2) is 0 Å². The van der Waals surface area contributed by atoms with E-state index in [0.717, 1.165) is 76.1 Å². The molecule has 0 saturated carbocycles. The zero-order valence-electron chi connectivity index (χ0n) is 34.0. The van der Waals surface area contributed by atoms with Crippen molar-refractivity contribution < 1.29 is 46.0 Å². The Morgan fingerprint density at radius 3 is 1.09 bits per heavy atom. The molecule has 0 saturated heterocycles. The predicted molar refractivity (Wildman–Crippen MR) is 256 cm³/mol. The molecule has 0 fully saturated rings. The van der Waals surface area contributed by atoms with Crippen molar-refractivity contribution >= 4 is 64.6 Å². The summed E-state index contributed by atoms with van der Waals surface area (Å²) in [5.41, 5.74) is 2.79. The lowest BCUT2D eigenvalue weighted by Gasteiger charge is -2.20. The topological polar surface area (TPSA) is 182 Å². The molecule has 12 aromatic rings. The summed E-state index contributed by atoms with van der Waals surface area (Å²) in [7, 11) is 0. The summed E-state index contributed by atoms with van der Waals surface area (Å²) in [6.45, 7) is 0. The summed E-state index contributed by atoms with van der Waals surface area (Å²) < 4.78 is 0. The largest absolute Gasteiger partial charge is 0.506 e. The Bertz CT molecular complexity index is 3940. The molecule has 12 aromatic carbocycles. The van der Waals surface area contributed by atoms with Crippen molar-refractivity contribution in [1.29, 1.82) is 0 Å². The van der Waals surface area contributed by atoms with Crippen LogP contribution in [0.5, 0.6) is 51.7 Å². The van der Waals surface area contributed by atoms with Crippen molar-refractivity contribution in [3.05, 3.63) is 152 Å². The van der Waals surface area contributed by atoms with Gasteiger partial charge in [-0.2, -0.15) is 0 Å². The maximum Gasteiger partial charge on any atom is 0.208 e. The molecule has 0 aromatic heterocycles. The Hall–Kier alpha value is -9.08. The molecular formula is C56H34O9. The minimum Gasteiger partial charge on any atom is -0.506 e. The van der Waals surface area contributed by atoms with Crippen LogP contribution in [0.4, 0.5) is 0 Å². The van der Waals surface area contributed by atoms with Crippen LogP contribution >= 0.6 is 0 Å². The summed E-state index contributed by atoms with van der Waals surface area (Å²) in [6, 6.07) is 51.1. The van der Waals surface area contributed by atoms with Crippen LogP contribution in [0.25, 0.3) is 120 Å². The van der Waals surface area contributed by atoms with Gasteiger partial charge in [-0.05, 0) is 128 Å². The predicted octanol–water partition coefficient (Wildman–Crippen LogP) is 13.2. The molecule has 0 atom stereocenters. The van der Waals surface area contributed by atoms with Gasteiger partial charge >= 0.3 is 0 Å². The number of aromatic hydroxyl groups is 9. The summed E-state index contributed by atoms with van der Waals surface area (Å²) in [5, 5.41) is 112. The van der Waals surface area contributed by atoms with Gasteiger partial charge in [-0.1, -0.05) is 127 Å². The van der Waals surface area contributed by atoms with Gasteiger partial charge in [0.05, 0.1) is 16.7 Å². The van der Waals surface area contributed by atoms with E-state index in [0.29, 0.717) is 11.1 Å². The Morgan fingerprint density at radius 2 is 0.554 bits per heavy atom. The molecule has 0 aliphatic carbocycles. The van der Waals surface area contributed by atoms with Crippen molar-refractivity contribution in [2.75, 3.05) is 0 Å². The Morgan fingerprint density at radius 1 is 0.215 bits per heavy atom. The molecule has 12 rings (SSSR count). The molecule has 0 aliphatic rings. The van der Waals surface area contributed by atoms with E-state index < -0.39 is 68.4 Å². The fourth-order valence-electron chi connectivity index (χ4n) is 10.1. The molecule has 9 heteroatoms. The number of phenolic OH excluding ortho intramolecular Hbond substituents is 9. The van der Waals surface area contributed by atoms with E-state index in [4.69, 9.17) is 0 Å². The summed E-state index contributed by atoms with van der Waals surface area (Å²) in [4.78, 5) is 0. The van der Waals surface area contributed by atoms with Gasteiger partial charge in [0, 0.05) is 0 Å². The molecule has 0 heterocycles. The molecular weight excluding hydrogens is 817 g/mol. The molecule has 312 valence electrons. The van der Waals surface area contributed by atoms with Crippen LogP contribution in [0.1, 0.15) is 0 Å². The van der Waals surface area contributed by atoms with E-state index in [1.807, 2.05) is 42.5 Å². The maximum atomic E-state index is 12.1. The molecule has 0 unspecified atom stereocenters. The first kappa shape index (κ1) is 37.7. The third kappa shape index (κ3) is 5.26. The third-order valence-corrected chi connectivity index (χ3v) is 13.1. The first-order chi connectivity index (χ1) is 31.5. The van der Waals surface area contributed by atoms with Gasteiger partial charge in [-0.3, -0.25) is 0 Å². The zero-order valence-corrected chi connectivity index (χ0v) is 34.0. The van der Waals surface area contributed by atoms with Crippen molar-refractivity contribution in [1.82, 2.24) is 0 Å². The van der Waals surface area contributed by atoms with Crippen LogP contribution in [-0.4, -0.2) is 46.0 Å². The number of hydrogen-bond donors (Lipinski definition) is 9. The first-order valence-corrected chi connectivity index (χ1v) is 20.8. The molecule has 9 nitrogen and oxygen atoms in total. The smallest absolute Gasteiger partial charge is 0.208 e. The molecule has 0 amide bonds. The van der Waals surface area contributed by atoms with Gasteiger partial charge in [0.2, 0.25) is 23.0 Å². The van der Waals surface area contributed by atoms with Gasteiger partial charge in [0.15, 0.2) is 23.0 Å².